The molecule has 1 heterocycles. The van der Waals surface area contributed by atoms with Gasteiger partial charge in [-0.15, -0.1) is 0 Å². The van der Waals surface area contributed by atoms with Crippen molar-refractivity contribution in [1.82, 2.24) is 10.2 Å². The van der Waals surface area contributed by atoms with Crippen LogP contribution in [0.3, 0.4) is 0 Å². The van der Waals surface area contributed by atoms with Crippen LogP contribution in [-0.4, -0.2) is 30.9 Å². The summed E-state index contributed by atoms with van der Waals surface area (Å²) in [6, 6.07) is 8.37. The van der Waals surface area contributed by atoms with Gasteiger partial charge in [0.05, 0.1) is 0 Å². The van der Waals surface area contributed by atoms with Crippen molar-refractivity contribution in [2.75, 3.05) is 20.1 Å². The SMILES string of the molecule is Cc1cccc(CN(C)C(=O)CC2CCNCC2)c1. The zero-order valence-electron chi connectivity index (χ0n) is 12.0. The van der Waals surface area contributed by atoms with E-state index in [0.29, 0.717) is 18.9 Å². The molecule has 104 valence electrons. The average molecular weight is 260 g/mol. The molecule has 0 aliphatic carbocycles. The summed E-state index contributed by atoms with van der Waals surface area (Å²) in [4.78, 5) is 14.1. The normalized spacial score (nSPS) is 16.3. The van der Waals surface area contributed by atoms with Gasteiger partial charge >= 0.3 is 0 Å². The molecule has 3 nitrogen and oxygen atoms in total. The van der Waals surface area contributed by atoms with E-state index in [0.717, 1.165) is 25.9 Å². The molecule has 0 atom stereocenters. The number of amides is 1. The van der Waals surface area contributed by atoms with Crippen LogP contribution in [0, 0.1) is 12.8 Å². The van der Waals surface area contributed by atoms with Gasteiger partial charge in [0, 0.05) is 20.0 Å². The highest BCUT2D eigenvalue weighted by molar-refractivity contribution is 5.76. The van der Waals surface area contributed by atoms with Gasteiger partial charge in [0.2, 0.25) is 5.91 Å². The number of rotatable bonds is 4. The van der Waals surface area contributed by atoms with Gasteiger partial charge in [-0.05, 0) is 44.3 Å². The van der Waals surface area contributed by atoms with Crippen molar-refractivity contribution >= 4 is 5.91 Å². The van der Waals surface area contributed by atoms with Crippen molar-refractivity contribution in [1.29, 1.82) is 0 Å². The Morgan fingerprint density at radius 2 is 2.11 bits per heavy atom. The fourth-order valence-electron chi connectivity index (χ4n) is 2.66. The highest BCUT2D eigenvalue weighted by atomic mass is 16.2. The number of carbonyl (C=O) groups excluding carboxylic acids is 1. The molecule has 1 amide bonds. The summed E-state index contributed by atoms with van der Waals surface area (Å²) in [7, 11) is 1.91. The Bertz CT molecular complexity index is 425. The molecule has 1 saturated heterocycles. The predicted octanol–water partition coefficient (Wildman–Crippen LogP) is 2.34. The van der Waals surface area contributed by atoms with E-state index in [1.54, 1.807) is 0 Å². The van der Waals surface area contributed by atoms with Gasteiger partial charge in [-0.1, -0.05) is 29.8 Å². The second kappa shape index (κ2) is 6.71. The van der Waals surface area contributed by atoms with Gasteiger partial charge in [-0.25, -0.2) is 0 Å². The molecule has 0 unspecified atom stereocenters. The Balaban J connectivity index is 1.84. The van der Waals surface area contributed by atoms with E-state index < -0.39 is 0 Å². The Kier molecular flexibility index (Phi) is 4.97. The Morgan fingerprint density at radius 3 is 2.79 bits per heavy atom. The Labute approximate surface area is 116 Å². The minimum absolute atomic E-state index is 0.272. The summed E-state index contributed by atoms with van der Waals surface area (Å²) in [6.45, 7) is 4.91. The molecule has 1 aliphatic heterocycles. The number of hydrogen-bond acceptors (Lipinski definition) is 2. The van der Waals surface area contributed by atoms with E-state index >= 15 is 0 Å². The molecule has 0 saturated carbocycles. The zero-order valence-corrected chi connectivity index (χ0v) is 12.0. The van der Waals surface area contributed by atoms with Crippen LogP contribution in [-0.2, 0) is 11.3 Å². The number of nitrogens with one attached hydrogen (secondary N) is 1. The molecule has 1 aromatic carbocycles. The van der Waals surface area contributed by atoms with Crippen molar-refractivity contribution in [3.05, 3.63) is 35.4 Å². The number of hydrogen-bond donors (Lipinski definition) is 1. The standard InChI is InChI=1S/C16H24N2O/c1-13-4-3-5-15(10-13)12-18(2)16(19)11-14-6-8-17-9-7-14/h3-5,10,14,17H,6-9,11-12H2,1-2H3. The molecule has 1 fully saturated rings. The molecule has 19 heavy (non-hydrogen) atoms. The third kappa shape index (κ3) is 4.35. The van der Waals surface area contributed by atoms with E-state index in [4.69, 9.17) is 0 Å². The van der Waals surface area contributed by atoms with Crippen LogP contribution in [0.2, 0.25) is 0 Å². The first-order valence-electron chi connectivity index (χ1n) is 7.15. The first-order valence-corrected chi connectivity index (χ1v) is 7.15. The highest BCUT2D eigenvalue weighted by Crippen LogP contribution is 2.17. The summed E-state index contributed by atoms with van der Waals surface area (Å²) in [6.07, 6.45) is 2.96. The fourth-order valence-corrected chi connectivity index (χ4v) is 2.66. The fraction of sp³-hybridized carbons (Fsp3) is 0.562. The highest BCUT2D eigenvalue weighted by Gasteiger charge is 2.19. The molecule has 0 spiro atoms. The second-order valence-corrected chi connectivity index (χ2v) is 5.64. The van der Waals surface area contributed by atoms with E-state index in [9.17, 15) is 4.79 Å². The van der Waals surface area contributed by atoms with Gasteiger partial charge in [0.1, 0.15) is 0 Å². The van der Waals surface area contributed by atoms with Crippen LogP contribution in [0.5, 0.6) is 0 Å². The number of carbonyl (C=O) groups is 1. The van der Waals surface area contributed by atoms with Gasteiger partial charge < -0.3 is 10.2 Å². The van der Waals surface area contributed by atoms with Crippen molar-refractivity contribution < 1.29 is 4.79 Å². The summed E-state index contributed by atoms with van der Waals surface area (Å²) in [5.41, 5.74) is 2.46. The molecule has 0 aromatic heterocycles. The Hall–Kier alpha value is -1.35. The maximum atomic E-state index is 12.2. The van der Waals surface area contributed by atoms with Gasteiger partial charge in [0.25, 0.3) is 0 Å². The average Bonchev–Trinajstić information content (AvgIpc) is 2.40. The zero-order chi connectivity index (χ0) is 13.7. The molecular formula is C16H24N2O. The third-order valence-electron chi connectivity index (χ3n) is 3.85. The second-order valence-electron chi connectivity index (χ2n) is 5.64. The monoisotopic (exact) mass is 260 g/mol. The maximum absolute atomic E-state index is 12.2. The van der Waals surface area contributed by atoms with Crippen molar-refractivity contribution in [3.63, 3.8) is 0 Å². The molecule has 1 N–H and O–H groups in total. The molecule has 1 aliphatic rings. The van der Waals surface area contributed by atoms with Crippen LogP contribution < -0.4 is 5.32 Å². The summed E-state index contributed by atoms with van der Waals surface area (Å²) >= 11 is 0. The lowest BCUT2D eigenvalue weighted by molar-refractivity contribution is -0.131. The maximum Gasteiger partial charge on any atom is 0.222 e. The van der Waals surface area contributed by atoms with Crippen molar-refractivity contribution in [3.8, 4) is 0 Å². The summed E-state index contributed by atoms with van der Waals surface area (Å²) in [5, 5.41) is 3.34. The molecule has 1 aromatic rings. The lowest BCUT2D eigenvalue weighted by Crippen LogP contribution is -2.33. The van der Waals surface area contributed by atoms with E-state index in [2.05, 4.69) is 36.5 Å². The summed E-state index contributed by atoms with van der Waals surface area (Å²) in [5.74, 6) is 0.835. The quantitative estimate of drug-likeness (QED) is 0.901. The molecule has 0 bridgehead atoms. The smallest absolute Gasteiger partial charge is 0.222 e. The van der Waals surface area contributed by atoms with Crippen molar-refractivity contribution in [2.45, 2.75) is 32.7 Å². The van der Waals surface area contributed by atoms with E-state index in [1.807, 2.05) is 11.9 Å². The predicted molar refractivity (Wildman–Crippen MR) is 77.9 cm³/mol. The van der Waals surface area contributed by atoms with Crippen LogP contribution in [0.25, 0.3) is 0 Å². The van der Waals surface area contributed by atoms with Crippen LogP contribution in [0.4, 0.5) is 0 Å². The van der Waals surface area contributed by atoms with Gasteiger partial charge in [-0.2, -0.15) is 0 Å². The third-order valence-corrected chi connectivity index (χ3v) is 3.85. The summed E-state index contributed by atoms with van der Waals surface area (Å²) < 4.78 is 0. The van der Waals surface area contributed by atoms with Crippen LogP contribution >= 0.6 is 0 Å². The number of nitrogens with zero attached hydrogens (tertiary/aromatic N) is 1. The van der Waals surface area contributed by atoms with Crippen LogP contribution in [0.1, 0.15) is 30.4 Å². The van der Waals surface area contributed by atoms with Gasteiger partial charge in [0.15, 0.2) is 0 Å². The first-order chi connectivity index (χ1) is 9.15. The van der Waals surface area contributed by atoms with E-state index in [-0.39, 0.29) is 5.91 Å². The topological polar surface area (TPSA) is 32.3 Å². The molecule has 3 heteroatoms. The van der Waals surface area contributed by atoms with Gasteiger partial charge in [-0.3, -0.25) is 4.79 Å². The lowest BCUT2D eigenvalue weighted by atomic mass is 9.94. The first kappa shape index (κ1) is 14.1. The minimum atomic E-state index is 0.272. The number of piperidine rings is 1. The largest absolute Gasteiger partial charge is 0.341 e. The molecule has 2 rings (SSSR count). The van der Waals surface area contributed by atoms with E-state index in [1.165, 1.54) is 11.1 Å². The molecule has 0 radical (unpaired) electrons. The lowest BCUT2D eigenvalue weighted by Gasteiger charge is -2.25. The number of benzene rings is 1. The molecular weight excluding hydrogens is 236 g/mol. The number of aryl methyl sites for hydroxylation is 1. The minimum Gasteiger partial charge on any atom is -0.341 e. The van der Waals surface area contributed by atoms with Crippen molar-refractivity contribution in [2.24, 2.45) is 5.92 Å². The van der Waals surface area contributed by atoms with Crippen LogP contribution in [0.15, 0.2) is 24.3 Å². The Morgan fingerprint density at radius 1 is 1.37 bits per heavy atom.